The number of aromatic nitrogens is 1. The second-order valence-corrected chi connectivity index (χ2v) is 6.54. The summed E-state index contributed by atoms with van der Waals surface area (Å²) in [4.78, 5) is 28.8. The predicted octanol–water partition coefficient (Wildman–Crippen LogP) is 3.16. The van der Waals surface area contributed by atoms with E-state index in [9.17, 15) is 9.59 Å². The van der Waals surface area contributed by atoms with Crippen LogP contribution in [0.4, 0.5) is 11.4 Å². The number of anilines is 2. The van der Waals surface area contributed by atoms with Gasteiger partial charge in [0.15, 0.2) is 11.5 Å². The van der Waals surface area contributed by atoms with Crippen LogP contribution in [0.2, 0.25) is 0 Å². The smallest absolute Gasteiger partial charge is 0.255 e. The van der Waals surface area contributed by atoms with Gasteiger partial charge >= 0.3 is 0 Å². The van der Waals surface area contributed by atoms with Gasteiger partial charge in [0, 0.05) is 34.9 Å². The van der Waals surface area contributed by atoms with E-state index in [1.165, 1.54) is 21.3 Å². The van der Waals surface area contributed by atoms with E-state index in [-0.39, 0.29) is 18.5 Å². The summed E-state index contributed by atoms with van der Waals surface area (Å²) in [6.45, 7) is 0.164. The molecule has 0 fully saturated rings. The lowest BCUT2D eigenvalue weighted by atomic mass is 10.1. The maximum absolute atomic E-state index is 12.6. The molecule has 0 bridgehead atoms. The molecular weight excluding hydrogens is 412 g/mol. The van der Waals surface area contributed by atoms with Gasteiger partial charge in [-0.15, -0.1) is 0 Å². The quantitative estimate of drug-likeness (QED) is 0.442. The number of hydrogen-bond donors (Lipinski definition) is 3. The van der Waals surface area contributed by atoms with E-state index in [1.807, 2.05) is 6.07 Å². The number of carbonyl (C=O) groups excluding carboxylic acids is 2. The van der Waals surface area contributed by atoms with Crippen molar-refractivity contribution >= 4 is 23.2 Å². The molecule has 9 nitrogen and oxygen atoms in total. The van der Waals surface area contributed by atoms with E-state index in [0.717, 1.165) is 5.69 Å². The molecule has 2 amide bonds. The molecule has 0 atom stereocenters. The van der Waals surface area contributed by atoms with Crippen molar-refractivity contribution in [3.05, 3.63) is 72.1 Å². The number of amides is 2. The van der Waals surface area contributed by atoms with E-state index in [4.69, 9.17) is 14.2 Å². The second-order valence-electron chi connectivity index (χ2n) is 6.54. The zero-order valence-corrected chi connectivity index (χ0v) is 18.0. The van der Waals surface area contributed by atoms with Crippen LogP contribution >= 0.6 is 0 Å². The molecule has 3 rings (SSSR count). The molecule has 166 valence electrons. The molecule has 0 aliphatic heterocycles. The Morgan fingerprint density at radius 3 is 2.09 bits per heavy atom. The fraction of sp³-hybridized carbons (Fsp3) is 0.174. The van der Waals surface area contributed by atoms with Gasteiger partial charge < -0.3 is 30.2 Å². The van der Waals surface area contributed by atoms with Gasteiger partial charge in [-0.1, -0.05) is 6.07 Å². The van der Waals surface area contributed by atoms with Crippen LogP contribution in [0.15, 0.2) is 60.9 Å². The summed E-state index contributed by atoms with van der Waals surface area (Å²) in [6, 6.07) is 13.6. The van der Waals surface area contributed by atoms with Gasteiger partial charge in [0.1, 0.15) is 0 Å². The molecule has 9 heteroatoms. The standard InChI is InChI=1S/C23H24N4O5/c1-30-19-11-16(12-20(31-2)21(19)32-3)22(28)26-14-25-17-5-4-6-18(13-17)27-23(29)15-7-9-24-10-8-15/h4-13,25H,14H2,1-3H3,(H,26,28)(H,27,29). The topological polar surface area (TPSA) is 111 Å². The number of rotatable bonds is 9. The third-order valence-corrected chi connectivity index (χ3v) is 4.53. The monoisotopic (exact) mass is 436 g/mol. The molecular formula is C23H24N4O5. The number of pyridine rings is 1. The predicted molar refractivity (Wildman–Crippen MR) is 121 cm³/mol. The molecule has 0 saturated carbocycles. The second kappa shape index (κ2) is 10.7. The van der Waals surface area contributed by atoms with Crippen LogP contribution in [-0.4, -0.2) is 44.8 Å². The highest BCUT2D eigenvalue weighted by atomic mass is 16.5. The summed E-state index contributed by atoms with van der Waals surface area (Å²) in [5.74, 6) is 0.639. The summed E-state index contributed by atoms with van der Waals surface area (Å²) in [5, 5.41) is 8.70. The van der Waals surface area contributed by atoms with Gasteiger partial charge in [0.2, 0.25) is 5.75 Å². The minimum Gasteiger partial charge on any atom is -0.493 e. The highest BCUT2D eigenvalue weighted by Crippen LogP contribution is 2.38. The van der Waals surface area contributed by atoms with Crippen molar-refractivity contribution in [2.75, 3.05) is 38.6 Å². The van der Waals surface area contributed by atoms with Gasteiger partial charge in [-0.2, -0.15) is 0 Å². The zero-order chi connectivity index (χ0) is 22.9. The van der Waals surface area contributed by atoms with Gasteiger partial charge in [-0.3, -0.25) is 14.6 Å². The maximum atomic E-state index is 12.6. The van der Waals surface area contributed by atoms with Gasteiger partial charge in [0.05, 0.1) is 28.0 Å². The Kier molecular flexibility index (Phi) is 7.47. The average molecular weight is 436 g/mol. The molecule has 0 aliphatic rings. The van der Waals surface area contributed by atoms with Crippen LogP contribution in [0.25, 0.3) is 0 Å². The molecule has 2 aromatic carbocycles. The Bertz CT molecular complexity index is 1060. The minimum atomic E-state index is -0.320. The normalized spacial score (nSPS) is 10.1. The molecule has 32 heavy (non-hydrogen) atoms. The lowest BCUT2D eigenvalue weighted by Gasteiger charge is -2.14. The van der Waals surface area contributed by atoms with Crippen LogP contribution in [-0.2, 0) is 0 Å². The number of ether oxygens (including phenoxy) is 3. The van der Waals surface area contributed by atoms with Gasteiger partial charge in [-0.25, -0.2) is 0 Å². The minimum absolute atomic E-state index is 0.164. The Labute approximate surface area is 185 Å². The highest BCUT2D eigenvalue weighted by Gasteiger charge is 2.16. The van der Waals surface area contributed by atoms with Crippen LogP contribution < -0.4 is 30.2 Å². The van der Waals surface area contributed by atoms with E-state index in [0.29, 0.717) is 34.1 Å². The van der Waals surface area contributed by atoms with Gasteiger partial charge in [0.25, 0.3) is 11.8 Å². The first-order chi connectivity index (χ1) is 15.5. The Morgan fingerprint density at radius 2 is 1.47 bits per heavy atom. The van der Waals surface area contributed by atoms with Gasteiger partial charge in [-0.05, 0) is 42.5 Å². The number of benzene rings is 2. The number of nitrogens with zero attached hydrogens (tertiary/aromatic N) is 1. The number of hydrogen-bond acceptors (Lipinski definition) is 7. The van der Waals surface area contributed by atoms with Crippen molar-refractivity contribution < 1.29 is 23.8 Å². The van der Waals surface area contributed by atoms with Crippen molar-refractivity contribution in [2.45, 2.75) is 0 Å². The molecule has 3 aromatic rings. The summed E-state index contributed by atoms with van der Waals surface area (Å²) in [5.41, 5.74) is 2.21. The third kappa shape index (κ3) is 5.45. The van der Waals surface area contributed by atoms with Crippen LogP contribution in [0.5, 0.6) is 17.2 Å². The SMILES string of the molecule is COc1cc(C(=O)NCNc2cccc(NC(=O)c3ccncc3)c2)cc(OC)c1OC. The summed E-state index contributed by atoms with van der Waals surface area (Å²) >= 11 is 0. The van der Waals surface area contributed by atoms with Crippen LogP contribution in [0.3, 0.4) is 0 Å². The lowest BCUT2D eigenvalue weighted by Crippen LogP contribution is -2.29. The fourth-order valence-electron chi connectivity index (χ4n) is 2.95. The first kappa shape index (κ1) is 22.4. The van der Waals surface area contributed by atoms with E-state index in [1.54, 1.807) is 54.9 Å². The lowest BCUT2D eigenvalue weighted by molar-refractivity contribution is 0.0954. The summed E-state index contributed by atoms with van der Waals surface area (Å²) in [7, 11) is 4.47. The largest absolute Gasteiger partial charge is 0.493 e. The molecule has 0 radical (unpaired) electrons. The molecule has 1 heterocycles. The maximum Gasteiger partial charge on any atom is 0.255 e. The van der Waals surface area contributed by atoms with Crippen molar-refractivity contribution in [1.29, 1.82) is 0 Å². The first-order valence-corrected chi connectivity index (χ1v) is 9.69. The summed E-state index contributed by atoms with van der Waals surface area (Å²) in [6.07, 6.45) is 3.12. The summed E-state index contributed by atoms with van der Waals surface area (Å²) < 4.78 is 15.8. The fourth-order valence-corrected chi connectivity index (χ4v) is 2.95. The van der Waals surface area contributed by atoms with Crippen LogP contribution in [0.1, 0.15) is 20.7 Å². The molecule has 0 aliphatic carbocycles. The first-order valence-electron chi connectivity index (χ1n) is 9.69. The van der Waals surface area contributed by atoms with Crippen molar-refractivity contribution in [3.63, 3.8) is 0 Å². The highest BCUT2D eigenvalue weighted by molar-refractivity contribution is 6.04. The molecule has 0 unspecified atom stereocenters. The number of carbonyl (C=O) groups is 2. The van der Waals surface area contributed by atoms with E-state index < -0.39 is 0 Å². The Balaban J connectivity index is 1.60. The zero-order valence-electron chi connectivity index (χ0n) is 18.0. The molecule has 0 saturated heterocycles. The van der Waals surface area contributed by atoms with Crippen LogP contribution in [0, 0.1) is 0 Å². The van der Waals surface area contributed by atoms with Crippen molar-refractivity contribution in [1.82, 2.24) is 10.3 Å². The van der Waals surface area contributed by atoms with Crippen molar-refractivity contribution in [2.24, 2.45) is 0 Å². The van der Waals surface area contributed by atoms with Crippen molar-refractivity contribution in [3.8, 4) is 17.2 Å². The molecule has 0 spiro atoms. The Hall–Kier alpha value is -4.27. The number of methoxy groups -OCH3 is 3. The number of nitrogens with one attached hydrogen (secondary N) is 3. The molecule has 3 N–H and O–H groups in total. The van der Waals surface area contributed by atoms with E-state index in [2.05, 4.69) is 20.9 Å². The van der Waals surface area contributed by atoms with E-state index >= 15 is 0 Å². The Morgan fingerprint density at radius 1 is 0.812 bits per heavy atom. The molecule has 1 aromatic heterocycles. The third-order valence-electron chi connectivity index (χ3n) is 4.53. The average Bonchev–Trinajstić information content (AvgIpc) is 2.83.